The summed E-state index contributed by atoms with van der Waals surface area (Å²) < 4.78 is 5.91. The van der Waals surface area contributed by atoms with Crippen LogP contribution in [-0.2, 0) is 18.7 Å². The standard InChI is InChI=1S/C25H26N2O2/c1-2-25(19-28,23-11-4-3-5-12-23)27-17-21-9-7-13-24(15-21)29-18-22-10-6-8-20(14-22)16-26/h3-15,27-28H,2,17-19H2,1H3. The maximum absolute atomic E-state index is 10.1. The number of hydrogen-bond donors (Lipinski definition) is 2. The van der Waals surface area contributed by atoms with Crippen molar-refractivity contribution < 1.29 is 9.84 Å². The highest BCUT2D eigenvalue weighted by molar-refractivity contribution is 5.34. The number of nitrogens with one attached hydrogen (secondary N) is 1. The van der Waals surface area contributed by atoms with Crippen molar-refractivity contribution in [1.29, 1.82) is 5.26 Å². The first-order valence-corrected chi connectivity index (χ1v) is 9.81. The number of aliphatic hydroxyl groups is 1. The molecule has 2 N–H and O–H groups in total. The Balaban J connectivity index is 1.67. The molecule has 4 nitrogen and oxygen atoms in total. The molecule has 1 unspecified atom stereocenters. The van der Waals surface area contributed by atoms with Gasteiger partial charge in [0, 0.05) is 6.54 Å². The smallest absolute Gasteiger partial charge is 0.120 e. The molecule has 0 spiro atoms. The Morgan fingerprint density at radius 2 is 1.72 bits per heavy atom. The van der Waals surface area contributed by atoms with Crippen LogP contribution in [0.1, 0.15) is 35.6 Å². The fraction of sp³-hybridized carbons (Fsp3) is 0.240. The fourth-order valence-electron chi connectivity index (χ4n) is 3.36. The molecule has 0 aliphatic carbocycles. The molecule has 0 saturated carbocycles. The summed E-state index contributed by atoms with van der Waals surface area (Å²) in [7, 11) is 0. The first kappa shape index (κ1) is 20.6. The number of nitriles is 1. The first-order chi connectivity index (χ1) is 14.2. The highest BCUT2D eigenvalue weighted by atomic mass is 16.5. The van der Waals surface area contributed by atoms with E-state index in [4.69, 9.17) is 10.00 Å². The average molecular weight is 386 g/mol. The van der Waals surface area contributed by atoms with Gasteiger partial charge in [-0.3, -0.25) is 0 Å². The molecule has 0 heterocycles. The lowest BCUT2D eigenvalue weighted by Crippen LogP contribution is -2.44. The summed E-state index contributed by atoms with van der Waals surface area (Å²) in [5.41, 5.74) is 3.27. The molecule has 0 saturated heterocycles. The van der Waals surface area contributed by atoms with Crippen LogP contribution in [0.4, 0.5) is 0 Å². The van der Waals surface area contributed by atoms with Crippen LogP contribution < -0.4 is 10.1 Å². The molecule has 0 fully saturated rings. The summed E-state index contributed by atoms with van der Waals surface area (Å²) in [5.74, 6) is 0.775. The van der Waals surface area contributed by atoms with Gasteiger partial charge in [0.25, 0.3) is 0 Å². The van der Waals surface area contributed by atoms with Gasteiger partial charge < -0.3 is 15.2 Å². The van der Waals surface area contributed by atoms with Crippen LogP contribution in [0.15, 0.2) is 78.9 Å². The molecule has 0 aliphatic heterocycles. The summed E-state index contributed by atoms with van der Waals surface area (Å²) in [4.78, 5) is 0. The minimum Gasteiger partial charge on any atom is -0.489 e. The molecule has 148 valence electrons. The van der Waals surface area contributed by atoms with E-state index in [1.165, 1.54) is 0 Å². The van der Waals surface area contributed by atoms with Gasteiger partial charge in [0.2, 0.25) is 0 Å². The van der Waals surface area contributed by atoms with Crippen molar-refractivity contribution in [3.63, 3.8) is 0 Å². The van der Waals surface area contributed by atoms with Gasteiger partial charge in [-0.25, -0.2) is 0 Å². The lowest BCUT2D eigenvalue weighted by Gasteiger charge is -2.33. The van der Waals surface area contributed by atoms with Crippen LogP contribution in [0.2, 0.25) is 0 Å². The molecule has 1 atom stereocenters. The van der Waals surface area contributed by atoms with Gasteiger partial charge in [-0.05, 0) is 47.4 Å². The van der Waals surface area contributed by atoms with E-state index in [1.807, 2.05) is 72.8 Å². The lowest BCUT2D eigenvalue weighted by atomic mass is 9.87. The minimum atomic E-state index is -0.476. The molecule has 0 aromatic heterocycles. The van der Waals surface area contributed by atoms with Gasteiger partial charge in [-0.2, -0.15) is 5.26 Å². The number of aliphatic hydroxyl groups excluding tert-OH is 1. The molecule has 0 radical (unpaired) electrons. The quantitative estimate of drug-likeness (QED) is 0.567. The zero-order valence-corrected chi connectivity index (χ0v) is 16.6. The molecule has 4 heteroatoms. The summed E-state index contributed by atoms with van der Waals surface area (Å²) in [6.45, 7) is 3.13. The van der Waals surface area contributed by atoms with Crippen LogP contribution in [0.5, 0.6) is 5.75 Å². The third-order valence-corrected chi connectivity index (χ3v) is 5.19. The van der Waals surface area contributed by atoms with Crippen LogP contribution in [-0.4, -0.2) is 11.7 Å². The van der Waals surface area contributed by atoms with Gasteiger partial charge in [-0.15, -0.1) is 0 Å². The van der Waals surface area contributed by atoms with E-state index in [-0.39, 0.29) is 6.61 Å². The van der Waals surface area contributed by atoms with E-state index in [9.17, 15) is 5.11 Å². The van der Waals surface area contributed by atoms with Gasteiger partial charge in [0.15, 0.2) is 0 Å². The van der Waals surface area contributed by atoms with Crippen molar-refractivity contribution in [3.05, 3.63) is 101 Å². The van der Waals surface area contributed by atoms with Gasteiger partial charge in [-0.1, -0.05) is 61.5 Å². The van der Waals surface area contributed by atoms with E-state index in [0.717, 1.165) is 28.9 Å². The molecular weight excluding hydrogens is 360 g/mol. The van der Waals surface area contributed by atoms with Gasteiger partial charge in [0.05, 0.1) is 23.8 Å². The normalized spacial score (nSPS) is 12.7. The predicted molar refractivity (Wildman–Crippen MR) is 114 cm³/mol. The molecule has 3 aromatic carbocycles. The van der Waals surface area contributed by atoms with Gasteiger partial charge in [0.1, 0.15) is 12.4 Å². The maximum atomic E-state index is 10.1. The molecule has 0 amide bonds. The third-order valence-electron chi connectivity index (χ3n) is 5.19. The second-order valence-electron chi connectivity index (χ2n) is 7.06. The molecule has 3 aromatic rings. The number of rotatable bonds is 9. The molecule has 0 aliphatic rings. The molecule has 0 bridgehead atoms. The highest BCUT2D eigenvalue weighted by Gasteiger charge is 2.28. The third kappa shape index (κ3) is 5.23. The molecule has 3 rings (SSSR count). The topological polar surface area (TPSA) is 65.3 Å². The van der Waals surface area contributed by atoms with E-state index in [1.54, 1.807) is 6.07 Å². The molecular formula is C25H26N2O2. The van der Waals surface area contributed by atoms with Crippen molar-refractivity contribution in [3.8, 4) is 11.8 Å². The van der Waals surface area contributed by atoms with Crippen molar-refractivity contribution >= 4 is 0 Å². The number of benzene rings is 3. The average Bonchev–Trinajstić information content (AvgIpc) is 2.80. The Morgan fingerprint density at radius 3 is 2.45 bits per heavy atom. The summed E-state index contributed by atoms with van der Waals surface area (Å²) in [5, 5.41) is 22.7. The second kappa shape index (κ2) is 9.88. The van der Waals surface area contributed by atoms with Crippen molar-refractivity contribution in [2.45, 2.75) is 32.0 Å². The van der Waals surface area contributed by atoms with E-state index in [2.05, 4.69) is 18.3 Å². The highest BCUT2D eigenvalue weighted by Crippen LogP contribution is 2.25. The molecule has 29 heavy (non-hydrogen) atoms. The maximum Gasteiger partial charge on any atom is 0.120 e. The zero-order valence-electron chi connectivity index (χ0n) is 16.6. The minimum absolute atomic E-state index is 0.0267. The van der Waals surface area contributed by atoms with Crippen LogP contribution in [0.3, 0.4) is 0 Å². The van der Waals surface area contributed by atoms with Crippen molar-refractivity contribution in [2.24, 2.45) is 0 Å². The van der Waals surface area contributed by atoms with Crippen molar-refractivity contribution in [1.82, 2.24) is 5.32 Å². The largest absolute Gasteiger partial charge is 0.489 e. The Labute approximate surface area is 172 Å². The Kier molecular flexibility index (Phi) is 7.02. The summed E-state index contributed by atoms with van der Waals surface area (Å²) in [6.07, 6.45) is 0.777. The van der Waals surface area contributed by atoms with Crippen LogP contribution in [0, 0.1) is 11.3 Å². The van der Waals surface area contributed by atoms with E-state index >= 15 is 0 Å². The summed E-state index contributed by atoms with van der Waals surface area (Å²) in [6, 6.07) is 27.6. The van der Waals surface area contributed by atoms with Crippen LogP contribution in [0.25, 0.3) is 0 Å². The Bertz CT molecular complexity index is 960. The predicted octanol–water partition coefficient (Wildman–Crippen LogP) is 4.52. The second-order valence-corrected chi connectivity index (χ2v) is 7.06. The van der Waals surface area contributed by atoms with Gasteiger partial charge >= 0.3 is 0 Å². The van der Waals surface area contributed by atoms with Crippen molar-refractivity contribution in [2.75, 3.05) is 6.61 Å². The summed E-state index contributed by atoms with van der Waals surface area (Å²) >= 11 is 0. The monoisotopic (exact) mass is 386 g/mol. The number of ether oxygens (including phenoxy) is 1. The Morgan fingerprint density at radius 1 is 0.966 bits per heavy atom. The van der Waals surface area contributed by atoms with E-state index < -0.39 is 5.54 Å². The SMILES string of the molecule is CCC(CO)(NCc1cccc(OCc2cccc(C#N)c2)c1)c1ccccc1. The number of nitrogens with zero attached hydrogens (tertiary/aromatic N) is 1. The van der Waals surface area contributed by atoms with Crippen LogP contribution >= 0.6 is 0 Å². The fourth-order valence-corrected chi connectivity index (χ4v) is 3.36. The zero-order chi connectivity index (χ0) is 20.5. The lowest BCUT2D eigenvalue weighted by molar-refractivity contribution is 0.154. The first-order valence-electron chi connectivity index (χ1n) is 9.81. The van der Waals surface area contributed by atoms with E-state index in [0.29, 0.717) is 18.7 Å². The number of hydrogen-bond acceptors (Lipinski definition) is 4. The Hall–Kier alpha value is -3.13.